The molecule has 0 spiro atoms. The summed E-state index contributed by atoms with van der Waals surface area (Å²) in [4.78, 5) is 40.6. The standard InChI is InChI=1S/C19H19N3O4/c1-2-26-19(25)15-5-3-4-6-16(15)22-18(24)13-9-12(10-20-11-13)17(23)21-14-7-8-14/h3-6,9-11,14H,2,7-8H2,1H3,(H,21,23)(H,22,24). The van der Waals surface area contributed by atoms with E-state index in [1.807, 2.05) is 0 Å². The van der Waals surface area contributed by atoms with E-state index in [-0.39, 0.29) is 29.7 Å². The summed E-state index contributed by atoms with van der Waals surface area (Å²) >= 11 is 0. The first kappa shape index (κ1) is 17.6. The van der Waals surface area contributed by atoms with Gasteiger partial charge in [-0.25, -0.2) is 4.79 Å². The normalized spacial score (nSPS) is 13.0. The second kappa shape index (κ2) is 7.77. The second-order valence-electron chi connectivity index (χ2n) is 5.93. The lowest BCUT2D eigenvalue weighted by Gasteiger charge is -2.11. The van der Waals surface area contributed by atoms with Crippen LogP contribution in [-0.4, -0.2) is 35.4 Å². The van der Waals surface area contributed by atoms with E-state index in [4.69, 9.17) is 4.74 Å². The lowest BCUT2D eigenvalue weighted by atomic mass is 10.1. The van der Waals surface area contributed by atoms with Gasteiger partial charge in [0, 0.05) is 18.4 Å². The Labute approximate surface area is 150 Å². The number of ether oxygens (including phenoxy) is 1. The average molecular weight is 353 g/mol. The molecule has 2 aromatic rings. The summed E-state index contributed by atoms with van der Waals surface area (Å²) in [6.45, 7) is 1.95. The summed E-state index contributed by atoms with van der Waals surface area (Å²) in [5.74, 6) is -1.23. The fraction of sp³-hybridized carbons (Fsp3) is 0.263. The maximum Gasteiger partial charge on any atom is 0.340 e. The molecule has 1 fully saturated rings. The number of carbonyl (C=O) groups is 3. The quantitative estimate of drug-likeness (QED) is 0.777. The van der Waals surface area contributed by atoms with Crippen molar-refractivity contribution in [1.82, 2.24) is 10.3 Å². The van der Waals surface area contributed by atoms with Gasteiger partial charge in [0.05, 0.1) is 29.0 Å². The summed E-state index contributed by atoms with van der Waals surface area (Å²) in [5, 5.41) is 5.53. The molecule has 0 atom stereocenters. The Morgan fingerprint density at radius 1 is 1.12 bits per heavy atom. The number of amides is 2. The molecule has 7 heteroatoms. The minimum absolute atomic E-state index is 0.219. The van der Waals surface area contributed by atoms with Crippen molar-refractivity contribution in [3.8, 4) is 0 Å². The minimum atomic E-state index is -0.515. The van der Waals surface area contributed by atoms with Crippen LogP contribution < -0.4 is 10.6 Å². The molecule has 26 heavy (non-hydrogen) atoms. The maximum atomic E-state index is 12.5. The summed E-state index contributed by atoms with van der Waals surface area (Å²) in [5.41, 5.74) is 1.15. The lowest BCUT2D eigenvalue weighted by Crippen LogP contribution is -2.26. The zero-order chi connectivity index (χ0) is 18.5. The van der Waals surface area contributed by atoms with Crippen molar-refractivity contribution >= 4 is 23.5 Å². The number of hydrogen-bond donors (Lipinski definition) is 2. The Kier molecular flexibility index (Phi) is 5.26. The van der Waals surface area contributed by atoms with E-state index < -0.39 is 11.9 Å². The Balaban J connectivity index is 1.76. The molecule has 0 radical (unpaired) electrons. The molecule has 1 saturated carbocycles. The van der Waals surface area contributed by atoms with Crippen LogP contribution in [0.2, 0.25) is 0 Å². The third-order valence-corrected chi connectivity index (χ3v) is 3.85. The third-order valence-electron chi connectivity index (χ3n) is 3.85. The first-order chi connectivity index (χ1) is 12.6. The van der Waals surface area contributed by atoms with E-state index in [1.54, 1.807) is 31.2 Å². The van der Waals surface area contributed by atoms with Gasteiger partial charge < -0.3 is 15.4 Å². The number of hydrogen-bond acceptors (Lipinski definition) is 5. The molecule has 0 unspecified atom stereocenters. The largest absolute Gasteiger partial charge is 0.462 e. The number of rotatable bonds is 6. The van der Waals surface area contributed by atoms with E-state index in [2.05, 4.69) is 15.6 Å². The smallest absolute Gasteiger partial charge is 0.340 e. The Bertz CT molecular complexity index is 846. The number of para-hydroxylation sites is 1. The summed E-state index contributed by atoms with van der Waals surface area (Å²) in [6.07, 6.45) is 4.74. The van der Waals surface area contributed by atoms with E-state index >= 15 is 0 Å². The monoisotopic (exact) mass is 353 g/mol. The number of nitrogens with zero attached hydrogens (tertiary/aromatic N) is 1. The fourth-order valence-electron chi connectivity index (χ4n) is 2.36. The molecule has 1 heterocycles. The molecule has 0 aliphatic heterocycles. The molecule has 1 aromatic heterocycles. The van der Waals surface area contributed by atoms with Gasteiger partial charge in [0.2, 0.25) is 0 Å². The van der Waals surface area contributed by atoms with Crippen LogP contribution >= 0.6 is 0 Å². The SMILES string of the molecule is CCOC(=O)c1ccccc1NC(=O)c1cncc(C(=O)NC2CC2)c1. The van der Waals surface area contributed by atoms with Crippen molar-refractivity contribution in [1.29, 1.82) is 0 Å². The minimum Gasteiger partial charge on any atom is -0.462 e. The van der Waals surface area contributed by atoms with Gasteiger partial charge >= 0.3 is 5.97 Å². The molecule has 0 bridgehead atoms. The van der Waals surface area contributed by atoms with Gasteiger partial charge in [-0.2, -0.15) is 0 Å². The zero-order valence-electron chi connectivity index (χ0n) is 14.3. The lowest BCUT2D eigenvalue weighted by molar-refractivity contribution is 0.0527. The maximum absolute atomic E-state index is 12.5. The highest BCUT2D eigenvalue weighted by atomic mass is 16.5. The van der Waals surface area contributed by atoms with Crippen LogP contribution in [0.3, 0.4) is 0 Å². The average Bonchev–Trinajstić information content (AvgIpc) is 3.46. The molecule has 134 valence electrons. The highest BCUT2D eigenvalue weighted by Crippen LogP contribution is 2.20. The van der Waals surface area contributed by atoms with Gasteiger partial charge in [-0.1, -0.05) is 12.1 Å². The van der Waals surface area contributed by atoms with Crippen molar-refractivity contribution < 1.29 is 19.1 Å². The van der Waals surface area contributed by atoms with Gasteiger partial charge in [0.1, 0.15) is 0 Å². The number of nitrogens with one attached hydrogen (secondary N) is 2. The predicted molar refractivity (Wildman–Crippen MR) is 95.1 cm³/mol. The van der Waals surface area contributed by atoms with Crippen LogP contribution in [0.1, 0.15) is 50.8 Å². The fourth-order valence-corrected chi connectivity index (χ4v) is 2.36. The number of carbonyl (C=O) groups excluding carboxylic acids is 3. The number of anilines is 1. The van der Waals surface area contributed by atoms with Crippen molar-refractivity contribution in [3.63, 3.8) is 0 Å². The highest BCUT2D eigenvalue weighted by molar-refractivity contribution is 6.08. The second-order valence-corrected chi connectivity index (χ2v) is 5.93. The molecular weight excluding hydrogens is 334 g/mol. The molecule has 0 saturated heterocycles. The molecule has 2 amide bonds. The van der Waals surface area contributed by atoms with Gasteiger partial charge in [0.15, 0.2) is 0 Å². The van der Waals surface area contributed by atoms with Gasteiger partial charge in [-0.3, -0.25) is 14.6 Å². The van der Waals surface area contributed by atoms with Crippen LogP contribution in [0.5, 0.6) is 0 Å². The number of benzene rings is 1. The number of pyridine rings is 1. The van der Waals surface area contributed by atoms with Crippen LogP contribution in [0.25, 0.3) is 0 Å². The van der Waals surface area contributed by atoms with Crippen LogP contribution in [0, 0.1) is 0 Å². The van der Waals surface area contributed by atoms with Crippen LogP contribution in [-0.2, 0) is 4.74 Å². The summed E-state index contributed by atoms with van der Waals surface area (Å²) < 4.78 is 4.99. The Morgan fingerprint density at radius 3 is 2.50 bits per heavy atom. The molecular formula is C19H19N3O4. The van der Waals surface area contributed by atoms with E-state index in [9.17, 15) is 14.4 Å². The van der Waals surface area contributed by atoms with Crippen molar-refractivity contribution in [3.05, 3.63) is 59.4 Å². The van der Waals surface area contributed by atoms with Crippen LogP contribution in [0.15, 0.2) is 42.7 Å². The first-order valence-electron chi connectivity index (χ1n) is 8.42. The van der Waals surface area contributed by atoms with Gasteiger partial charge in [0.25, 0.3) is 11.8 Å². The van der Waals surface area contributed by atoms with Gasteiger partial charge in [-0.15, -0.1) is 0 Å². The van der Waals surface area contributed by atoms with Crippen molar-refractivity contribution in [2.75, 3.05) is 11.9 Å². The summed E-state index contributed by atoms with van der Waals surface area (Å²) in [7, 11) is 0. The van der Waals surface area contributed by atoms with E-state index in [0.717, 1.165) is 12.8 Å². The van der Waals surface area contributed by atoms with Crippen LogP contribution in [0.4, 0.5) is 5.69 Å². The molecule has 1 aromatic carbocycles. The first-order valence-corrected chi connectivity index (χ1v) is 8.42. The zero-order valence-corrected chi connectivity index (χ0v) is 14.3. The van der Waals surface area contributed by atoms with Crippen molar-refractivity contribution in [2.45, 2.75) is 25.8 Å². The molecule has 1 aliphatic carbocycles. The summed E-state index contributed by atoms with van der Waals surface area (Å²) in [6, 6.07) is 8.28. The molecule has 7 nitrogen and oxygen atoms in total. The third kappa shape index (κ3) is 4.24. The molecule has 3 rings (SSSR count). The topological polar surface area (TPSA) is 97.4 Å². The Hall–Kier alpha value is -3.22. The van der Waals surface area contributed by atoms with Crippen molar-refractivity contribution in [2.24, 2.45) is 0 Å². The highest BCUT2D eigenvalue weighted by Gasteiger charge is 2.24. The predicted octanol–water partition coefficient (Wildman–Crippen LogP) is 2.40. The van der Waals surface area contributed by atoms with Gasteiger partial charge in [-0.05, 0) is 38.0 Å². The Morgan fingerprint density at radius 2 is 1.81 bits per heavy atom. The number of esters is 1. The number of aromatic nitrogens is 1. The van der Waals surface area contributed by atoms with E-state index in [0.29, 0.717) is 11.3 Å². The molecule has 1 aliphatic rings. The van der Waals surface area contributed by atoms with E-state index in [1.165, 1.54) is 18.5 Å². The molecule has 2 N–H and O–H groups in total.